The molecule has 0 aliphatic heterocycles. The molecule has 36 heavy (non-hydrogen) atoms. The molecule has 0 spiro atoms. The van der Waals surface area contributed by atoms with E-state index >= 15 is 0 Å². The number of nitrogens with one attached hydrogen (secondary N) is 1. The first-order chi connectivity index (χ1) is 17.3. The zero-order valence-electron chi connectivity index (χ0n) is 20.9. The summed E-state index contributed by atoms with van der Waals surface area (Å²) in [6.07, 6.45) is 0.811. The number of sulfone groups is 1. The Kier molecular flexibility index (Phi) is 7.85. The maximum absolute atomic E-state index is 13.4. The molecule has 0 fully saturated rings. The van der Waals surface area contributed by atoms with Crippen LogP contribution in [0.5, 0.6) is 0 Å². The second-order valence-electron chi connectivity index (χ2n) is 9.27. The molecular weight excluding hydrogens is 468 g/mol. The van der Waals surface area contributed by atoms with Crippen LogP contribution in [-0.2, 0) is 26.8 Å². The maximum atomic E-state index is 13.4. The van der Waals surface area contributed by atoms with Gasteiger partial charge in [0.2, 0.25) is 5.91 Å². The summed E-state index contributed by atoms with van der Waals surface area (Å²) < 4.78 is 26.3. The minimum atomic E-state index is -3.45. The molecule has 1 heterocycles. The van der Waals surface area contributed by atoms with Crippen molar-refractivity contribution < 1.29 is 13.2 Å². The van der Waals surface area contributed by atoms with Gasteiger partial charge in [-0.25, -0.2) is 13.4 Å². The number of carbonyl (C=O) groups excluding carboxylic acids is 1. The molecule has 1 atom stereocenters. The molecule has 0 unspecified atom stereocenters. The van der Waals surface area contributed by atoms with E-state index in [-0.39, 0.29) is 24.1 Å². The van der Waals surface area contributed by atoms with Gasteiger partial charge in [0.05, 0.1) is 34.7 Å². The highest BCUT2D eigenvalue weighted by Crippen LogP contribution is 2.33. The molecular formula is C30H32N2O3S. The number of benzene rings is 3. The van der Waals surface area contributed by atoms with Gasteiger partial charge in [-0.05, 0) is 43.0 Å². The molecule has 4 aromatic rings. The number of nitrogens with zero attached hydrogens (tertiary/aromatic N) is 1. The van der Waals surface area contributed by atoms with Crippen LogP contribution in [0.4, 0.5) is 0 Å². The fourth-order valence-corrected chi connectivity index (χ4v) is 5.44. The van der Waals surface area contributed by atoms with Crippen LogP contribution < -0.4 is 5.32 Å². The highest BCUT2D eigenvalue weighted by atomic mass is 32.2. The summed E-state index contributed by atoms with van der Waals surface area (Å²) in [6.45, 7) is 5.40. The summed E-state index contributed by atoms with van der Waals surface area (Å²) in [5.41, 5.74) is 4.52. The van der Waals surface area contributed by atoms with Crippen molar-refractivity contribution in [3.8, 4) is 11.3 Å². The number of pyridine rings is 1. The van der Waals surface area contributed by atoms with Gasteiger partial charge in [0.15, 0.2) is 9.84 Å². The van der Waals surface area contributed by atoms with Gasteiger partial charge < -0.3 is 5.32 Å². The van der Waals surface area contributed by atoms with Crippen molar-refractivity contribution in [1.82, 2.24) is 10.3 Å². The van der Waals surface area contributed by atoms with Gasteiger partial charge in [-0.15, -0.1) is 0 Å². The molecule has 4 rings (SSSR count). The van der Waals surface area contributed by atoms with Crippen LogP contribution in [0.15, 0.2) is 84.9 Å². The van der Waals surface area contributed by atoms with E-state index in [0.717, 1.165) is 28.5 Å². The van der Waals surface area contributed by atoms with E-state index in [1.807, 2.05) is 91.9 Å². The first-order valence-corrected chi connectivity index (χ1v) is 14.0. The van der Waals surface area contributed by atoms with Crippen LogP contribution in [0, 0.1) is 0 Å². The normalized spacial score (nSPS) is 12.6. The van der Waals surface area contributed by atoms with Gasteiger partial charge in [-0.2, -0.15) is 0 Å². The van der Waals surface area contributed by atoms with E-state index in [2.05, 4.69) is 5.32 Å². The monoisotopic (exact) mass is 500 g/mol. The lowest BCUT2D eigenvalue weighted by Gasteiger charge is -2.21. The van der Waals surface area contributed by atoms with Crippen molar-refractivity contribution in [2.75, 3.05) is 0 Å². The average molecular weight is 501 g/mol. The van der Waals surface area contributed by atoms with Crippen molar-refractivity contribution >= 4 is 26.6 Å². The number of fused-ring (bicyclic) bond motifs is 1. The average Bonchev–Trinajstić information content (AvgIpc) is 2.89. The summed E-state index contributed by atoms with van der Waals surface area (Å²) in [6, 6.07) is 27.0. The summed E-state index contributed by atoms with van der Waals surface area (Å²) >= 11 is 0. The van der Waals surface area contributed by atoms with Gasteiger partial charge >= 0.3 is 0 Å². The molecule has 0 saturated carbocycles. The lowest BCUT2D eigenvalue weighted by atomic mass is 9.95. The van der Waals surface area contributed by atoms with Crippen molar-refractivity contribution in [1.29, 1.82) is 0 Å². The summed E-state index contributed by atoms with van der Waals surface area (Å²) in [5.74, 6) is -0.324. The molecule has 5 nitrogen and oxygen atoms in total. The van der Waals surface area contributed by atoms with Gasteiger partial charge in [-0.3, -0.25) is 4.79 Å². The minimum Gasteiger partial charge on any atom is -0.349 e. The molecule has 1 N–H and O–H groups in total. The smallest absolute Gasteiger partial charge is 0.224 e. The Balaban J connectivity index is 1.84. The Bertz CT molecular complexity index is 1450. The zero-order valence-corrected chi connectivity index (χ0v) is 21.8. The predicted octanol–water partition coefficient (Wildman–Crippen LogP) is 6.04. The van der Waals surface area contributed by atoms with Crippen molar-refractivity contribution in [3.05, 3.63) is 102 Å². The molecule has 0 radical (unpaired) electrons. The number of hydrogen-bond donors (Lipinski definition) is 1. The molecule has 186 valence electrons. The first kappa shape index (κ1) is 25.6. The molecule has 1 aromatic heterocycles. The molecule has 3 aromatic carbocycles. The van der Waals surface area contributed by atoms with E-state index < -0.39 is 15.1 Å². The van der Waals surface area contributed by atoms with Crippen LogP contribution >= 0.6 is 0 Å². The van der Waals surface area contributed by atoms with Gasteiger partial charge in [0.1, 0.15) is 0 Å². The number of rotatable bonds is 9. The Hall–Kier alpha value is -3.51. The highest BCUT2D eigenvalue weighted by molar-refractivity contribution is 7.91. The number of aromatic nitrogens is 1. The Labute approximate surface area is 213 Å². The van der Waals surface area contributed by atoms with E-state index in [0.29, 0.717) is 16.8 Å². The second kappa shape index (κ2) is 11.0. The third-order valence-electron chi connectivity index (χ3n) is 6.51. The van der Waals surface area contributed by atoms with Gasteiger partial charge in [-0.1, -0.05) is 85.8 Å². The zero-order chi connectivity index (χ0) is 25.7. The molecule has 0 bridgehead atoms. The first-order valence-electron chi connectivity index (χ1n) is 12.3. The van der Waals surface area contributed by atoms with Crippen LogP contribution in [0.1, 0.15) is 49.9 Å². The van der Waals surface area contributed by atoms with E-state index in [1.54, 1.807) is 13.8 Å². The number of para-hydroxylation sites is 1. The van der Waals surface area contributed by atoms with Crippen LogP contribution in [0.2, 0.25) is 0 Å². The SMILES string of the molecule is CC[C@H](NC(=O)Cc1c(CS(=O)(=O)C(C)C)c(-c2ccccc2)nc2ccccc12)c1ccccc1. The molecule has 1 amide bonds. The van der Waals surface area contributed by atoms with Crippen molar-refractivity contribution in [2.45, 2.75) is 50.7 Å². The van der Waals surface area contributed by atoms with Crippen molar-refractivity contribution in [3.63, 3.8) is 0 Å². The Morgan fingerprint density at radius 1 is 0.861 bits per heavy atom. The van der Waals surface area contributed by atoms with E-state index in [4.69, 9.17) is 4.98 Å². The van der Waals surface area contributed by atoms with Crippen molar-refractivity contribution in [2.24, 2.45) is 0 Å². The highest BCUT2D eigenvalue weighted by Gasteiger charge is 2.26. The summed E-state index contributed by atoms with van der Waals surface area (Å²) in [4.78, 5) is 18.3. The fraction of sp³-hybridized carbons (Fsp3) is 0.267. The van der Waals surface area contributed by atoms with E-state index in [9.17, 15) is 13.2 Å². The predicted molar refractivity (Wildman–Crippen MR) is 146 cm³/mol. The fourth-order valence-electron chi connectivity index (χ4n) is 4.39. The number of amides is 1. The van der Waals surface area contributed by atoms with E-state index in [1.165, 1.54) is 0 Å². The van der Waals surface area contributed by atoms with Gasteiger partial charge in [0.25, 0.3) is 0 Å². The van der Waals surface area contributed by atoms with Crippen LogP contribution in [-0.4, -0.2) is 24.6 Å². The standard InChI is InChI=1S/C30H32N2O3S/c1-4-27(22-13-7-5-8-14-22)31-29(33)19-25-24-17-11-12-18-28(24)32-30(23-15-9-6-10-16-23)26(25)20-36(34,35)21(2)3/h5-18,21,27H,4,19-20H2,1-3H3,(H,31,33)/t27-/m0/s1. The third kappa shape index (κ3) is 5.65. The molecule has 6 heteroatoms. The lowest BCUT2D eigenvalue weighted by Crippen LogP contribution is -2.30. The number of hydrogen-bond acceptors (Lipinski definition) is 4. The molecule has 0 aliphatic carbocycles. The summed E-state index contributed by atoms with van der Waals surface area (Å²) in [5, 5.41) is 3.41. The topological polar surface area (TPSA) is 76.1 Å². The lowest BCUT2D eigenvalue weighted by molar-refractivity contribution is -0.121. The quantitative estimate of drug-likeness (QED) is 0.304. The Morgan fingerprint density at radius 2 is 1.47 bits per heavy atom. The second-order valence-corrected chi connectivity index (χ2v) is 11.8. The van der Waals surface area contributed by atoms with Gasteiger partial charge in [0, 0.05) is 10.9 Å². The van der Waals surface area contributed by atoms with Crippen LogP contribution in [0.3, 0.4) is 0 Å². The van der Waals surface area contributed by atoms with Crippen LogP contribution in [0.25, 0.3) is 22.2 Å². The number of carbonyl (C=O) groups is 1. The minimum absolute atomic E-state index is 0.0646. The largest absolute Gasteiger partial charge is 0.349 e. The maximum Gasteiger partial charge on any atom is 0.224 e. The molecule has 0 aliphatic rings. The Morgan fingerprint density at radius 3 is 2.11 bits per heavy atom. The molecule has 0 saturated heterocycles. The third-order valence-corrected chi connectivity index (χ3v) is 8.63. The summed E-state index contributed by atoms with van der Waals surface area (Å²) in [7, 11) is -3.45.